The van der Waals surface area contributed by atoms with E-state index in [2.05, 4.69) is 23.9 Å². The molecule has 3 aromatic rings. The molecule has 3 aromatic carbocycles. The van der Waals surface area contributed by atoms with Crippen molar-refractivity contribution in [2.75, 3.05) is 4.90 Å². The zero-order chi connectivity index (χ0) is 24.6. The first-order valence-corrected chi connectivity index (χ1v) is 11.6. The van der Waals surface area contributed by atoms with Gasteiger partial charge in [-0.2, -0.15) is 5.10 Å². The van der Waals surface area contributed by atoms with Crippen LogP contribution in [0.2, 0.25) is 0 Å². The third-order valence-electron chi connectivity index (χ3n) is 5.66. The molecular formula is C28H29N5O2. The van der Waals surface area contributed by atoms with Crippen molar-refractivity contribution in [2.24, 2.45) is 15.9 Å². The number of fused-ring (bicyclic) bond motifs is 1. The van der Waals surface area contributed by atoms with Gasteiger partial charge in [-0.15, -0.1) is 0 Å². The molecule has 7 heteroatoms. The Hall–Kier alpha value is -4.39. The molecule has 1 aliphatic heterocycles. The molecule has 0 saturated heterocycles. The summed E-state index contributed by atoms with van der Waals surface area (Å²) in [5, 5.41) is 6.95. The second-order valence-electron chi connectivity index (χ2n) is 8.09. The number of carbonyl (C=O) groups is 1. The fourth-order valence-corrected chi connectivity index (χ4v) is 4.00. The van der Waals surface area contributed by atoms with E-state index in [-0.39, 0.29) is 6.61 Å². The summed E-state index contributed by atoms with van der Waals surface area (Å²) >= 11 is 0. The van der Waals surface area contributed by atoms with Gasteiger partial charge in [-0.05, 0) is 18.1 Å². The molecule has 1 amide bonds. The number of rotatable bonds is 6. The Morgan fingerprint density at radius 2 is 1.71 bits per heavy atom. The van der Waals surface area contributed by atoms with E-state index in [0.29, 0.717) is 18.0 Å². The van der Waals surface area contributed by atoms with Crippen LogP contribution in [0.5, 0.6) is 0 Å². The van der Waals surface area contributed by atoms with E-state index in [0.717, 1.165) is 34.5 Å². The lowest BCUT2D eigenvalue weighted by Crippen LogP contribution is -2.42. The SMILES string of the molecule is C=C1C(NC(=O)OCc2ccccc2)N=C(c2ccccc2)c2ccccc2N1/C(CCC)=N\N. The van der Waals surface area contributed by atoms with Crippen molar-refractivity contribution < 1.29 is 9.53 Å². The van der Waals surface area contributed by atoms with Gasteiger partial charge in [-0.3, -0.25) is 15.2 Å². The molecule has 0 radical (unpaired) electrons. The van der Waals surface area contributed by atoms with Crippen molar-refractivity contribution in [3.8, 4) is 0 Å². The van der Waals surface area contributed by atoms with Gasteiger partial charge in [0.05, 0.1) is 17.1 Å². The molecule has 3 N–H and O–H groups in total. The second-order valence-corrected chi connectivity index (χ2v) is 8.09. The molecule has 0 bridgehead atoms. The molecule has 7 nitrogen and oxygen atoms in total. The molecule has 1 aliphatic rings. The summed E-state index contributed by atoms with van der Waals surface area (Å²) in [4.78, 5) is 19.7. The van der Waals surface area contributed by atoms with E-state index in [4.69, 9.17) is 15.6 Å². The van der Waals surface area contributed by atoms with Crippen LogP contribution in [0.4, 0.5) is 10.5 Å². The number of carbonyl (C=O) groups excluding carboxylic acids is 1. The van der Waals surface area contributed by atoms with Crippen molar-refractivity contribution >= 4 is 23.3 Å². The minimum atomic E-state index is -0.797. The molecule has 35 heavy (non-hydrogen) atoms. The topological polar surface area (TPSA) is 92.3 Å². The first kappa shape index (κ1) is 23.8. The van der Waals surface area contributed by atoms with E-state index in [9.17, 15) is 4.79 Å². The zero-order valence-electron chi connectivity index (χ0n) is 19.7. The minimum absolute atomic E-state index is 0.149. The van der Waals surface area contributed by atoms with Gasteiger partial charge < -0.3 is 10.6 Å². The second kappa shape index (κ2) is 11.2. The smallest absolute Gasteiger partial charge is 0.409 e. The lowest BCUT2D eigenvalue weighted by atomic mass is 10.00. The lowest BCUT2D eigenvalue weighted by Gasteiger charge is -2.30. The van der Waals surface area contributed by atoms with Gasteiger partial charge >= 0.3 is 6.09 Å². The summed E-state index contributed by atoms with van der Waals surface area (Å²) in [6, 6.07) is 27.2. The minimum Gasteiger partial charge on any atom is -0.445 e. The summed E-state index contributed by atoms with van der Waals surface area (Å²) in [6.07, 6.45) is 0.0830. The van der Waals surface area contributed by atoms with E-state index >= 15 is 0 Å². The third kappa shape index (κ3) is 5.41. The third-order valence-corrected chi connectivity index (χ3v) is 5.66. The number of nitrogens with zero attached hydrogens (tertiary/aromatic N) is 3. The van der Waals surface area contributed by atoms with Crippen molar-refractivity contribution in [3.63, 3.8) is 0 Å². The van der Waals surface area contributed by atoms with Crippen LogP contribution in [0.3, 0.4) is 0 Å². The van der Waals surface area contributed by atoms with Crippen molar-refractivity contribution in [1.29, 1.82) is 0 Å². The summed E-state index contributed by atoms with van der Waals surface area (Å²) in [5.74, 6) is 6.46. The Morgan fingerprint density at radius 3 is 2.40 bits per heavy atom. The fourth-order valence-electron chi connectivity index (χ4n) is 4.00. The van der Waals surface area contributed by atoms with Crippen molar-refractivity contribution in [1.82, 2.24) is 5.32 Å². The van der Waals surface area contributed by atoms with Crippen LogP contribution in [0, 0.1) is 0 Å². The van der Waals surface area contributed by atoms with Gasteiger partial charge in [0.2, 0.25) is 0 Å². The highest BCUT2D eigenvalue weighted by Crippen LogP contribution is 2.32. The van der Waals surface area contributed by atoms with Crippen LogP contribution in [-0.2, 0) is 11.3 Å². The van der Waals surface area contributed by atoms with E-state index in [1.54, 1.807) is 0 Å². The highest BCUT2D eigenvalue weighted by molar-refractivity contribution is 6.19. The highest BCUT2D eigenvalue weighted by Gasteiger charge is 2.31. The molecule has 0 fully saturated rings. The molecule has 0 aliphatic carbocycles. The average Bonchev–Trinajstić information content (AvgIpc) is 3.02. The van der Waals surface area contributed by atoms with Crippen LogP contribution in [-0.4, -0.2) is 23.8 Å². The van der Waals surface area contributed by atoms with E-state index < -0.39 is 12.3 Å². The van der Waals surface area contributed by atoms with Crippen LogP contribution in [0.25, 0.3) is 0 Å². The predicted octanol–water partition coefficient (Wildman–Crippen LogP) is 5.18. The van der Waals surface area contributed by atoms with Gasteiger partial charge in [-0.25, -0.2) is 4.79 Å². The number of benzodiazepines with no additional fused rings is 1. The average molecular weight is 468 g/mol. The molecular weight excluding hydrogens is 438 g/mol. The van der Waals surface area contributed by atoms with Gasteiger partial charge in [0.1, 0.15) is 12.4 Å². The van der Waals surface area contributed by atoms with E-state index in [1.165, 1.54) is 0 Å². The lowest BCUT2D eigenvalue weighted by molar-refractivity contribution is 0.137. The number of ether oxygens (including phenoxy) is 1. The summed E-state index contributed by atoms with van der Waals surface area (Å²) < 4.78 is 5.47. The maximum atomic E-state index is 12.8. The quantitative estimate of drug-likeness (QED) is 0.226. The molecule has 4 rings (SSSR count). The van der Waals surface area contributed by atoms with Crippen LogP contribution < -0.4 is 16.1 Å². The molecule has 1 unspecified atom stereocenters. The maximum Gasteiger partial charge on any atom is 0.409 e. The maximum absolute atomic E-state index is 12.8. The monoisotopic (exact) mass is 467 g/mol. The number of hydrogen-bond acceptors (Lipinski definition) is 5. The molecule has 0 spiro atoms. The summed E-state index contributed by atoms with van der Waals surface area (Å²) in [7, 11) is 0. The normalized spacial score (nSPS) is 15.6. The number of amidine groups is 1. The zero-order valence-corrected chi connectivity index (χ0v) is 19.7. The summed E-state index contributed by atoms with van der Waals surface area (Å²) in [5.41, 5.74) is 4.80. The Balaban J connectivity index is 1.73. The number of nitrogens with one attached hydrogen (secondary N) is 1. The van der Waals surface area contributed by atoms with Gasteiger partial charge in [0.25, 0.3) is 0 Å². The largest absolute Gasteiger partial charge is 0.445 e. The van der Waals surface area contributed by atoms with E-state index in [1.807, 2.05) is 89.8 Å². The van der Waals surface area contributed by atoms with Crippen LogP contribution >= 0.6 is 0 Å². The number of hydrogen-bond donors (Lipinski definition) is 2. The Kier molecular flexibility index (Phi) is 7.57. The number of amides is 1. The van der Waals surface area contributed by atoms with Crippen LogP contribution in [0.15, 0.2) is 107 Å². The standard InChI is InChI=1S/C28H29N5O2/c1-3-12-25(32-29)33-20(2)27(31-28(34)35-19-21-13-6-4-7-14-21)30-26(22-15-8-5-9-16-22)23-17-10-11-18-24(23)33/h4-11,13-18,27H,2-3,12,19,29H2,1H3,(H,31,34)/b32-25-. The summed E-state index contributed by atoms with van der Waals surface area (Å²) in [6.45, 7) is 6.50. The predicted molar refractivity (Wildman–Crippen MR) is 140 cm³/mol. The van der Waals surface area contributed by atoms with Crippen molar-refractivity contribution in [3.05, 3.63) is 114 Å². The Bertz CT molecular complexity index is 1240. The van der Waals surface area contributed by atoms with Crippen molar-refractivity contribution in [2.45, 2.75) is 32.5 Å². The Labute approximate surface area is 205 Å². The number of alkyl carbamates (subject to hydrolysis) is 1. The number of aliphatic imine (C=N–C) groups is 1. The van der Waals surface area contributed by atoms with Gasteiger partial charge in [-0.1, -0.05) is 92.4 Å². The number of nitrogens with two attached hydrogens (primary N) is 1. The number of anilines is 1. The molecule has 1 heterocycles. The molecule has 178 valence electrons. The fraction of sp³-hybridized carbons (Fsp3) is 0.179. The number of para-hydroxylation sites is 1. The molecule has 0 aromatic heterocycles. The number of benzene rings is 3. The van der Waals surface area contributed by atoms with Gasteiger partial charge in [0.15, 0.2) is 6.17 Å². The highest BCUT2D eigenvalue weighted by atomic mass is 16.5. The Morgan fingerprint density at radius 1 is 1.06 bits per heavy atom. The molecule has 0 saturated carbocycles. The van der Waals surface area contributed by atoms with Gasteiger partial charge in [0, 0.05) is 17.5 Å². The first-order chi connectivity index (χ1) is 17.1. The number of hydrazone groups is 1. The first-order valence-electron chi connectivity index (χ1n) is 11.6. The van der Waals surface area contributed by atoms with Crippen LogP contribution in [0.1, 0.15) is 36.5 Å². The molecule has 1 atom stereocenters.